The third-order valence-corrected chi connectivity index (χ3v) is 5.93. The number of benzene rings is 1. The molecule has 0 unspecified atom stereocenters. The van der Waals surface area contributed by atoms with Gasteiger partial charge < -0.3 is 10.2 Å². The molecule has 0 saturated carbocycles. The molecule has 0 bridgehead atoms. The summed E-state index contributed by atoms with van der Waals surface area (Å²) in [5.41, 5.74) is 0.815. The topological polar surface area (TPSA) is 86.8 Å². The average molecular weight is 384 g/mol. The zero-order valence-corrected chi connectivity index (χ0v) is 16.8. The van der Waals surface area contributed by atoms with Gasteiger partial charge in [0.05, 0.1) is 4.90 Å². The third kappa shape index (κ3) is 6.42. The summed E-state index contributed by atoms with van der Waals surface area (Å²) in [6.07, 6.45) is 1.17. The minimum absolute atomic E-state index is 0.0699. The van der Waals surface area contributed by atoms with Crippen LogP contribution in [0.2, 0.25) is 0 Å². The maximum atomic E-state index is 12.0. The van der Waals surface area contributed by atoms with E-state index in [2.05, 4.69) is 5.32 Å². The van der Waals surface area contributed by atoms with Gasteiger partial charge in [-0.15, -0.1) is 0 Å². The van der Waals surface area contributed by atoms with Gasteiger partial charge in [-0.05, 0) is 38.0 Å². The van der Waals surface area contributed by atoms with Gasteiger partial charge in [-0.1, -0.05) is 12.1 Å². The molecule has 8 heteroatoms. The van der Waals surface area contributed by atoms with E-state index in [4.69, 9.17) is 0 Å². The van der Waals surface area contributed by atoms with E-state index in [-0.39, 0.29) is 16.7 Å². The van der Waals surface area contributed by atoms with E-state index < -0.39 is 10.0 Å². The van der Waals surface area contributed by atoms with Crippen molar-refractivity contribution in [1.29, 1.82) is 0 Å². The largest absolute Gasteiger partial charge is 0.352 e. The Kier molecular flexibility index (Phi) is 8.74. The van der Waals surface area contributed by atoms with Gasteiger partial charge in [-0.3, -0.25) is 9.59 Å². The van der Waals surface area contributed by atoms with Crippen LogP contribution in [0.5, 0.6) is 0 Å². The van der Waals surface area contributed by atoms with E-state index >= 15 is 0 Å². The Morgan fingerprint density at radius 3 is 2.08 bits per heavy atom. The fourth-order valence-corrected chi connectivity index (χ4v) is 3.32. The molecule has 0 radical (unpaired) electrons. The smallest absolute Gasteiger partial charge is 0.242 e. The van der Waals surface area contributed by atoms with Gasteiger partial charge >= 0.3 is 0 Å². The molecule has 1 rings (SSSR count). The monoisotopic (exact) mass is 383 g/mol. The van der Waals surface area contributed by atoms with Crippen molar-refractivity contribution in [2.45, 2.75) is 44.6 Å². The summed E-state index contributed by atoms with van der Waals surface area (Å²) in [4.78, 5) is 25.7. The van der Waals surface area contributed by atoms with Gasteiger partial charge in [-0.2, -0.15) is 0 Å². The van der Waals surface area contributed by atoms with Gasteiger partial charge in [0, 0.05) is 46.6 Å². The molecule has 1 aromatic carbocycles. The Morgan fingerprint density at radius 1 is 1.00 bits per heavy atom. The number of sulfonamides is 1. The Labute approximate surface area is 156 Å². The maximum absolute atomic E-state index is 12.0. The maximum Gasteiger partial charge on any atom is 0.242 e. The van der Waals surface area contributed by atoms with E-state index in [0.717, 1.165) is 9.87 Å². The van der Waals surface area contributed by atoms with Crippen LogP contribution >= 0.6 is 0 Å². The van der Waals surface area contributed by atoms with Crippen molar-refractivity contribution in [3.05, 3.63) is 29.8 Å². The van der Waals surface area contributed by atoms with Crippen LogP contribution in [0.4, 0.5) is 0 Å². The second-order valence-electron chi connectivity index (χ2n) is 6.13. The summed E-state index contributed by atoms with van der Waals surface area (Å²) in [5.74, 6) is -0.0529. The second kappa shape index (κ2) is 10.3. The van der Waals surface area contributed by atoms with Crippen LogP contribution < -0.4 is 5.32 Å². The standard InChI is InChI=1S/C18H29N3O4S/c1-5-21(6-2)18(23)9-7-8-17(22)19-14-15-10-12-16(13-11-15)26(24,25)20(3)4/h10-13H,5-9,14H2,1-4H3,(H,19,22). The first-order valence-electron chi connectivity index (χ1n) is 8.78. The summed E-state index contributed by atoms with van der Waals surface area (Å²) in [6, 6.07) is 6.42. The quantitative estimate of drug-likeness (QED) is 0.665. The number of nitrogens with zero attached hydrogens (tertiary/aromatic N) is 2. The van der Waals surface area contributed by atoms with Crippen molar-refractivity contribution < 1.29 is 18.0 Å². The lowest BCUT2D eigenvalue weighted by Gasteiger charge is -2.18. The predicted octanol–water partition coefficient (Wildman–Crippen LogP) is 1.59. The number of carbonyl (C=O) groups is 2. The van der Waals surface area contributed by atoms with Crippen molar-refractivity contribution in [3.63, 3.8) is 0 Å². The first-order valence-corrected chi connectivity index (χ1v) is 10.2. The highest BCUT2D eigenvalue weighted by Gasteiger charge is 2.16. The molecular weight excluding hydrogens is 354 g/mol. The molecule has 0 fully saturated rings. The normalized spacial score (nSPS) is 11.4. The Hall–Kier alpha value is -1.93. The van der Waals surface area contributed by atoms with Gasteiger partial charge in [0.1, 0.15) is 0 Å². The van der Waals surface area contributed by atoms with Crippen LogP contribution in [0.25, 0.3) is 0 Å². The molecular formula is C18H29N3O4S. The van der Waals surface area contributed by atoms with E-state index in [0.29, 0.717) is 38.9 Å². The average Bonchev–Trinajstić information content (AvgIpc) is 2.61. The fourth-order valence-electron chi connectivity index (χ4n) is 2.41. The van der Waals surface area contributed by atoms with Crippen molar-refractivity contribution >= 4 is 21.8 Å². The molecule has 0 aliphatic rings. The molecule has 26 heavy (non-hydrogen) atoms. The molecule has 146 valence electrons. The molecule has 0 aromatic heterocycles. The number of amides is 2. The fraction of sp³-hybridized carbons (Fsp3) is 0.556. The minimum atomic E-state index is -3.45. The summed E-state index contributed by atoms with van der Waals surface area (Å²) in [5, 5.41) is 2.79. The van der Waals surface area contributed by atoms with Gasteiger partial charge in [0.2, 0.25) is 21.8 Å². The number of nitrogens with one attached hydrogen (secondary N) is 1. The number of hydrogen-bond donors (Lipinski definition) is 1. The highest BCUT2D eigenvalue weighted by molar-refractivity contribution is 7.89. The molecule has 0 aliphatic carbocycles. The molecule has 0 spiro atoms. The van der Waals surface area contributed by atoms with Crippen LogP contribution in [0.1, 0.15) is 38.7 Å². The van der Waals surface area contributed by atoms with Crippen molar-refractivity contribution in [2.24, 2.45) is 0 Å². The Balaban J connectivity index is 2.43. The summed E-state index contributed by atoms with van der Waals surface area (Å²) in [6.45, 7) is 5.56. The number of rotatable bonds is 10. The summed E-state index contributed by atoms with van der Waals surface area (Å²) < 4.78 is 25.2. The highest BCUT2D eigenvalue weighted by atomic mass is 32.2. The van der Waals surface area contributed by atoms with Crippen molar-refractivity contribution in [3.8, 4) is 0 Å². The van der Waals surface area contributed by atoms with Crippen LogP contribution in [0.3, 0.4) is 0 Å². The predicted molar refractivity (Wildman–Crippen MR) is 101 cm³/mol. The molecule has 0 atom stereocenters. The lowest BCUT2D eigenvalue weighted by Crippen LogP contribution is -2.30. The van der Waals surface area contributed by atoms with E-state index in [1.807, 2.05) is 13.8 Å². The number of hydrogen-bond acceptors (Lipinski definition) is 4. The van der Waals surface area contributed by atoms with Gasteiger partial charge in [0.15, 0.2) is 0 Å². The first-order chi connectivity index (χ1) is 12.2. The number of carbonyl (C=O) groups excluding carboxylic acids is 2. The highest BCUT2D eigenvalue weighted by Crippen LogP contribution is 2.14. The van der Waals surface area contributed by atoms with Gasteiger partial charge in [0.25, 0.3) is 0 Å². The van der Waals surface area contributed by atoms with Gasteiger partial charge in [-0.25, -0.2) is 12.7 Å². The molecule has 0 aliphatic heterocycles. The zero-order valence-electron chi connectivity index (χ0n) is 16.0. The molecule has 1 N–H and O–H groups in total. The van der Waals surface area contributed by atoms with E-state index in [1.165, 1.54) is 26.2 Å². The van der Waals surface area contributed by atoms with Crippen molar-refractivity contribution in [2.75, 3.05) is 27.2 Å². The second-order valence-corrected chi connectivity index (χ2v) is 8.28. The Morgan fingerprint density at radius 2 is 1.58 bits per heavy atom. The molecule has 7 nitrogen and oxygen atoms in total. The first kappa shape index (κ1) is 22.1. The SMILES string of the molecule is CCN(CC)C(=O)CCCC(=O)NCc1ccc(S(=O)(=O)N(C)C)cc1. The molecule has 0 heterocycles. The van der Waals surface area contributed by atoms with Crippen molar-refractivity contribution in [1.82, 2.24) is 14.5 Å². The Bertz CT molecular complexity index is 696. The summed E-state index contributed by atoms with van der Waals surface area (Å²) >= 11 is 0. The van der Waals surface area contributed by atoms with Crippen LogP contribution in [0, 0.1) is 0 Å². The molecule has 0 saturated heterocycles. The van der Waals surface area contributed by atoms with Crippen LogP contribution in [0.15, 0.2) is 29.2 Å². The van der Waals surface area contributed by atoms with E-state index in [9.17, 15) is 18.0 Å². The van der Waals surface area contributed by atoms with Crippen LogP contribution in [-0.2, 0) is 26.2 Å². The third-order valence-electron chi connectivity index (χ3n) is 4.10. The van der Waals surface area contributed by atoms with E-state index in [1.54, 1.807) is 17.0 Å². The summed E-state index contributed by atoms with van der Waals surface area (Å²) in [7, 11) is -0.485. The lowest BCUT2D eigenvalue weighted by molar-refractivity contribution is -0.131. The lowest BCUT2D eigenvalue weighted by atomic mass is 10.2. The minimum Gasteiger partial charge on any atom is -0.352 e. The molecule has 1 aromatic rings. The molecule has 2 amide bonds. The zero-order chi connectivity index (χ0) is 19.7. The van der Waals surface area contributed by atoms with Crippen LogP contribution in [-0.4, -0.2) is 56.6 Å².